The van der Waals surface area contributed by atoms with E-state index in [9.17, 15) is 4.79 Å². The van der Waals surface area contributed by atoms with Gasteiger partial charge in [0.15, 0.2) is 6.54 Å². The summed E-state index contributed by atoms with van der Waals surface area (Å²) in [7, 11) is 1.91. The zero-order valence-electron chi connectivity index (χ0n) is 14.5. The van der Waals surface area contributed by atoms with Gasteiger partial charge in [0.2, 0.25) is 0 Å². The molecule has 1 amide bonds. The third-order valence-corrected chi connectivity index (χ3v) is 6.65. The van der Waals surface area contributed by atoms with Gasteiger partial charge >= 0.3 is 0 Å². The Hall–Kier alpha value is -1.30. The zero-order chi connectivity index (χ0) is 17.1. The van der Waals surface area contributed by atoms with Crippen molar-refractivity contribution < 1.29 is 9.69 Å². The molecule has 0 bridgehead atoms. The maximum atomic E-state index is 12.6. The van der Waals surface area contributed by atoms with Crippen molar-refractivity contribution in [2.24, 2.45) is 0 Å². The Bertz CT molecular complexity index is 696. The van der Waals surface area contributed by atoms with Crippen molar-refractivity contribution in [3.05, 3.63) is 51.7 Å². The van der Waals surface area contributed by atoms with E-state index in [4.69, 9.17) is 0 Å². The number of thiophene rings is 1. The fraction of sp³-hybridized carbons (Fsp3) is 0.421. The molecule has 1 unspecified atom stereocenters. The molecule has 1 N–H and O–H groups in total. The van der Waals surface area contributed by atoms with Gasteiger partial charge < -0.3 is 9.80 Å². The lowest BCUT2D eigenvalue weighted by Crippen LogP contribution is -3.14. The lowest BCUT2D eigenvalue weighted by atomic mass is 10.0. The Morgan fingerprint density at radius 2 is 2.08 bits per heavy atom. The number of hydrogen-bond donors (Lipinski definition) is 1. The van der Waals surface area contributed by atoms with Crippen LogP contribution in [-0.4, -0.2) is 37.2 Å². The van der Waals surface area contributed by atoms with Crippen LogP contribution in [-0.2, 0) is 17.8 Å². The molecule has 1 aliphatic rings. The van der Waals surface area contributed by atoms with Crippen LogP contribution in [0, 0.1) is 0 Å². The lowest BCUT2D eigenvalue weighted by Gasteiger charge is -2.31. The highest BCUT2D eigenvalue weighted by atomic mass is 32.2. The van der Waals surface area contributed by atoms with E-state index in [-0.39, 0.29) is 5.91 Å². The SMILES string of the molecule is CSc1ccc(CN(C)C(=O)C[NH+]2CCc3sccc3[C@H]2C)cc1. The van der Waals surface area contributed by atoms with Crippen molar-refractivity contribution in [1.29, 1.82) is 0 Å². The number of likely N-dealkylation sites (N-methyl/N-ethyl adjacent to an activating group) is 1. The number of fused-ring (bicyclic) bond motifs is 1. The number of amides is 1. The second-order valence-corrected chi connectivity index (χ2v) is 8.33. The number of hydrogen-bond acceptors (Lipinski definition) is 3. The molecule has 2 heterocycles. The number of benzene rings is 1. The number of carbonyl (C=O) groups excluding carboxylic acids is 1. The number of thioether (sulfide) groups is 1. The van der Waals surface area contributed by atoms with Crippen molar-refractivity contribution in [3.63, 3.8) is 0 Å². The third-order valence-electron chi connectivity index (χ3n) is 4.91. The normalized spacial score (nSPS) is 19.8. The molecule has 5 heteroatoms. The van der Waals surface area contributed by atoms with Crippen LogP contribution in [0.2, 0.25) is 0 Å². The predicted octanol–water partition coefficient (Wildman–Crippen LogP) is 2.63. The molecule has 2 atom stereocenters. The highest BCUT2D eigenvalue weighted by Gasteiger charge is 2.30. The maximum absolute atomic E-state index is 12.6. The molecule has 24 heavy (non-hydrogen) atoms. The molecule has 0 aliphatic carbocycles. The Labute approximate surface area is 152 Å². The standard InChI is InChI=1S/C19H24N2OS2/c1-14-17-9-11-24-18(17)8-10-21(14)13-19(22)20(2)12-15-4-6-16(23-3)7-5-15/h4-7,9,11,14H,8,10,12-13H2,1-3H3/p+1/t14-/m1/s1. The smallest absolute Gasteiger partial charge is 0.277 e. The monoisotopic (exact) mass is 361 g/mol. The van der Waals surface area contributed by atoms with E-state index in [2.05, 4.69) is 48.9 Å². The minimum atomic E-state index is 0.226. The fourth-order valence-corrected chi connectivity index (χ4v) is 4.70. The summed E-state index contributed by atoms with van der Waals surface area (Å²) >= 11 is 3.59. The van der Waals surface area contributed by atoms with Gasteiger partial charge in [-0.25, -0.2) is 0 Å². The first-order valence-corrected chi connectivity index (χ1v) is 10.5. The largest absolute Gasteiger partial charge is 0.337 e. The number of carbonyl (C=O) groups is 1. The molecular weight excluding hydrogens is 336 g/mol. The first-order valence-electron chi connectivity index (χ1n) is 8.36. The van der Waals surface area contributed by atoms with Gasteiger partial charge in [-0.2, -0.15) is 0 Å². The van der Waals surface area contributed by atoms with Gasteiger partial charge in [-0.15, -0.1) is 23.1 Å². The maximum Gasteiger partial charge on any atom is 0.277 e. The van der Waals surface area contributed by atoms with Crippen molar-refractivity contribution in [3.8, 4) is 0 Å². The van der Waals surface area contributed by atoms with Gasteiger partial charge in [-0.1, -0.05) is 12.1 Å². The summed E-state index contributed by atoms with van der Waals surface area (Å²) in [5, 5.41) is 2.18. The Morgan fingerprint density at radius 1 is 1.33 bits per heavy atom. The van der Waals surface area contributed by atoms with Crippen molar-refractivity contribution in [1.82, 2.24) is 4.90 Å². The Balaban J connectivity index is 1.58. The van der Waals surface area contributed by atoms with Gasteiger partial charge in [-0.05, 0) is 42.3 Å². The molecule has 1 aromatic heterocycles. The predicted molar refractivity (Wildman–Crippen MR) is 102 cm³/mol. The van der Waals surface area contributed by atoms with E-state index in [0.717, 1.165) is 13.0 Å². The number of rotatable bonds is 5. The van der Waals surface area contributed by atoms with E-state index in [1.54, 1.807) is 11.8 Å². The lowest BCUT2D eigenvalue weighted by molar-refractivity contribution is -0.924. The molecule has 3 nitrogen and oxygen atoms in total. The minimum Gasteiger partial charge on any atom is -0.337 e. The molecule has 3 rings (SSSR count). The van der Waals surface area contributed by atoms with Gasteiger partial charge in [0.25, 0.3) is 5.91 Å². The molecule has 2 aromatic rings. The molecule has 128 valence electrons. The van der Waals surface area contributed by atoms with Crippen LogP contribution in [0.15, 0.2) is 40.6 Å². The van der Waals surface area contributed by atoms with Crippen LogP contribution < -0.4 is 4.90 Å². The number of nitrogens with zero attached hydrogens (tertiary/aromatic N) is 1. The van der Waals surface area contributed by atoms with Gasteiger partial charge in [0.05, 0.1) is 6.54 Å². The van der Waals surface area contributed by atoms with Gasteiger partial charge in [-0.3, -0.25) is 4.79 Å². The molecule has 0 radical (unpaired) electrons. The zero-order valence-corrected chi connectivity index (χ0v) is 16.2. The van der Waals surface area contributed by atoms with Crippen LogP contribution in [0.3, 0.4) is 0 Å². The van der Waals surface area contributed by atoms with E-state index in [1.165, 1.54) is 25.8 Å². The van der Waals surface area contributed by atoms with Gasteiger partial charge in [0, 0.05) is 35.3 Å². The number of quaternary nitrogens is 1. The van der Waals surface area contributed by atoms with Crippen LogP contribution in [0.1, 0.15) is 29.0 Å². The second-order valence-electron chi connectivity index (χ2n) is 6.45. The Morgan fingerprint density at radius 3 is 2.79 bits per heavy atom. The molecule has 1 aliphatic heterocycles. The molecule has 0 fully saturated rings. The summed E-state index contributed by atoms with van der Waals surface area (Å²) in [6.07, 6.45) is 3.17. The first-order chi connectivity index (χ1) is 11.6. The van der Waals surface area contributed by atoms with E-state index >= 15 is 0 Å². The fourth-order valence-electron chi connectivity index (χ4n) is 3.31. The molecule has 1 aromatic carbocycles. The van der Waals surface area contributed by atoms with Crippen LogP contribution in [0.4, 0.5) is 0 Å². The highest BCUT2D eigenvalue weighted by molar-refractivity contribution is 7.98. The molecule has 0 saturated carbocycles. The Kier molecular flexibility index (Phi) is 5.64. The third kappa shape index (κ3) is 3.85. The summed E-state index contributed by atoms with van der Waals surface area (Å²) < 4.78 is 0. The van der Waals surface area contributed by atoms with Gasteiger partial charge in [0.1, 0.15) is 6.04 Å². The van der Waals surface area contributed by atoms with Crippen LogP contribution >= 0.6 is 23.1 Å². The van der Waals surface area contributed by atoms with E-state index < -0.39 is 0 Å². The topological polar surface area (TPSA) is 24.8 Å². The second kappa shape index (κ2) is 7.72. The minimum absolute atomic E-state index is 0.226. The quantitative estimate of drug-likeness (QED) is 0.828. The summed E-state index contributed by atoms with van der Waals surface area (Å²) in [4.78, 5) is 18.6. The van der Waals surface area contributed by atoms with Crippen LogP contribution in [0.5, 0.6) is 0 Å². The summed E-state index contributed by atoms with van der Waals surface area (Å²) in [6.45, 7) is 4.56. The summed E-state index contributed by atoms with van der Waals surface area (Å²) in [6, 6.07) is 11.1. The molecule has 0 spiro atoms. The van der Waals surface area contributed by atoms with Crippen molar-refractivity contribution >= 4 is 29.0 Å². The average molecular weight is 362 g/mol. The van der Waals surface area contributed by atoms with E-state index in [1.807, 2.05) is 23.3 Å². The average Bonchev–Trinajstić information content (AvgIpc) is 3.07. The van der Waals surface area contributed by atoms with Crippen LogP contribution in [0.25, 0.3) is 0 Å². The van der Waals surface area contributed by atoms with Crippen molar-refractivity contribution in [2.75, 3.05) is 26.4 Å². The van der Waals surface area contributed by atoms with E-state index in [0.29, 0.717) is 19.1 Å². The highest BCUT2D eigenvalue weighted by Crippen LogP contribution is 2.24. The number of nitrogens with one attached hydrogen (secondary N) is 1. The first kappa shape index (κ1) is 17.5. The summed E-state index contributed by atoms with van der Waals surface area (Å²) in [5.41, 5.74) is 2.62. The molecular formula is C19H25N2OS2+. The van der Waals surface area contributed by atoms with Crippen molar-refractivity contribution in [2.45, 2.75) is 30.8 Å². The summed E-state index contributed by atoms with van der Waals surface area (Å²) in [5.74, 6) is 0.226. The molecule has 0 saturated heterocycles.